The summed E-state index contributed by atoms with van der Waals surface area (Å²) in [6.45, 7) is 14.8. The first-order valence-corrected chi connectivity index (χ1v) is 7.47. The summed E-state index contributed by atoms with van der Waals surface area (Å²) in [5, 5.41) is 0. The predicted molar refractivity (Wildman–Crippen MR) is 75.1 cm³/mol. The summed E-state index contributed by atoms with van der Waals surface area (Å²) >= 11 is 0. The summed E-state index contributed by atoms with van der Waals surface area (Å²) in [5.41, 5.74) is 0. The predicted octanol–water partition coefficient (Wildman–Crippen LogP) is 1.46. The zero-order valence-corrected chi connectivity index (χ0v) is 12.2. The molecule has 0 aromatic carbocycles. The second-order valence-corrected chi connectivity index (χ2v) is 4.78. The fraction of sp³-hybridized carbons (Fsp3) is 1.00. The van der Waals surface area contributed by atoms with Crippen molar-refractivity contribution in [3.8, 4) is 0 Å². The molecule has 0 saturated carbocycles. The molecule has 1 rings (SSSR count). The Morgan fingerprint density at radius 3 is 1.44 bits per heavy atom. The van der Waals surface area contributed by atoms with Crippen LogP contribution in [0.2, 0.25) is 0 Å². The third kappa shape index (κ3) is 7.31. The van der Waals surface area contributed by atoms with Gasteiger partial charge in [-0.3, -0.25) is 0 Å². The minimum absolute atomic E-state index is 0.841. The standard InChI is InChI=1S/C14H30N2O2/c1-3-17-13-5-7-15-9-11-16(12-10-15)8-6-14-18-4-2/h3-14H2,1-2H3. The van der Waals surface area contributed by atoms with Gasteiger partial charge in [0.25, 0.3) is 0 Å². The van der Waals surface area contributed by atoms with Gasteiger partial charge >= 0.3 is 0 Å². The lowest BCUT2D eigenvalue weighted by Gasteiger charge is -2.34. The van der Waals surface area contributed by atoms with Gasteiger partial charge in [0.15, 0.2) is 0 Å². The quantitative estimate of drug-likeness (QED) is 0.554. The minimum Gasteiger partial charge on any atom is -0.382 e. The van der Waals surface area contributed by atoms with Gasteiger partial charge in [-0.1, -0.05) is 0 Å². The minimum atomic E-state index is 0.841. The van der Waals surface area contributed by atoms with Gasteiger partial charge in [0.2, 0.25) is 0 Å². The molecule has 1 aliphatic rings. The van der Waals surface area contributed by atoms with E-state index in [2.05, 4.69) is 23.6 Å². The molecule has 18 heavy (non-hydrogen) atoms. The van der Waals surface area contributed by atoms with E-state index in [0.717, 1.165) is 39.3 Å². The van der Waals surface area contributed by atoms with Crippen molar-refractivity contribution in [2.24, 2.45) is 0 Å². The van der Waals surface area contributed by atoms with Crippen LogP contribution in [0.5, 0.6) is 0 Å². The molecule has 0 unspecified atom stereocenters. The maximum Gasteiger partial charge on any atom is 0.0478 e. The Kier molecular flexibility index (Phi) is 9.48. The van der Waals surface area contributed by atoms with Crippen molar-refractivity contribution < 1.29 is 9.47 Å². The summed E-state index contributed by atoms with van der Waals surface area (Å²) in [4.78, 5) is 5.11. The fourth-order valence-corrected chi connectivity index (χ4v) is 2.31. The average Bonchev–Trinajstić information content (AvgIpc) is 2.41. The van der Waals surface area contributed by atoms with Crippen molar-refractivity contribution in [2.45, 2.75) is 26.7 Å². The zero-order chi connectivity index (χ0) is 13.1. The number of rotatable bonds is 10. The van der Waals surface area contributed by atoms with E-state index in [0.29, 0.717) is 0 Å². The van der Waals surface area contributed by atoms with E-state index in [-0.39, 0.29) is 0 Å². The molecular weight excluding hydrogens is 228 g/mol. The van der Waals surface area contributed by atoms with Crippen molar-refractivity contribution in [1.29, 1.82) is 0 Å². The van der Waals surface area contributed by atoms with Gasteiger partial charge in [-0.15, -0.1) is 0 Å². The van der Waals surface area contributed by atoms with Crippen molar-refractivity contribution in [3.05, 3.63) is 0 Å². The highest BCUT2D eigenvalue weighted by Crippen LogP contribution is 2.03. The molecule has 1 aliphatic heterocycles. The largest absolute Gasteiger partial charge is 0.382 e. The lowest BCUT2D eigenvalue weighted by atomic mass is 10.2. The van der Waals surface area contributed by atoms with Gasteiger partial charge in [0, 0.05) is 65.7 Å². The number of piperazine rings is 1. The summed E-state index contributed by atoms with van der Waals surface area (Å²) in [6.07, 6.45) is 2.33. The van der Waals surface area contributed by atoms with E-state index < -0.39 is 0 Å². The van der Waals surface area contributed by atoms with Crippen LogP contribution in [0.1, 0.15) is 26.7 Å². The first-order valence-electron chi connectivity index (χ1n) is 7.47. The second-order valence-electron chi connectivity index (χ2n) is 4.78. The molecule has 1 heterocycles. The fourth-order valence-electron chi connectivity index (χ4n) is 2.31. The Morgan fingerprint density at radius 1 is 0.722 bits per heavy atom. The van der Waals surface area contributed by atoms with Gasteiger partial charge in [0.1, 0.15) is 0 Å². The zero-order valence-electron chi connectivity index (χ0n) is 12.2. The Bertz CT molecular complexity index is 163. The molecule has 0 aromatic rings. The molecule has 1 fully saturated rings. The topological polar surface area (TPSA) is 24.9 Å². The lowest BCUT2D eigenvalue weighted by molar-refractivity contribution is 0.0926. The van der Waals surface area contributed by atoms with Gasteiger partial charge in [0.05, 0.1) is 0 Å². The van der Waals surface area contributed by atoms with Crippen LogP contribution in [0.3, 0.4) is 0 Å². The number of hydrogen-bond acceptors (Lipinski definition) is 4. The number of hydrogen-bond donors (Lipinski definition) is 0. The lowest BCUT2D eigenvalue weighted by Crippen LogP contribution is -2.47. The maximum absolute atomic E-state index is 5.37. The van der Waals surface area contributed by atoms with Crippen LogP contribution in [-0.2, 0) is 9.47 Å². The van der Waals surface area contributed by atoms with Gasteiger partial charge in [-0.25, -0.2) is 0 Å². The molecular formula is C14H30N2O2. The van der Waals surface area contributed by atoms with E-state index in [1.807, 2.05) is 0 Å². The highest BCUT2D eigenvalue weighted by atomic mass is 16.5. The normalized spacial score (nSPS) is 18.3. The van der Waals surface area contributed by atoms with E-state index >= 15 is 0 Å². The third-order valence-electron chi connectivity index (χ3n) is 3.40. The smallest absolute Gasteiger partial charge is 0.0478 e. The summed E-state index contributed by atoms with van der Waals surface area (Å²) in [7, 11) is 0. The summed E-state index contributed by atoms with van der Waals surface area (Å²) in [5.74, 6) is 0. The molecule has 4 nitrogen and oxygen atoms in total. The summed E-state index contributed by atoms with van der Waals surface area (Å²) < 4.78 is 10.7. The molecule has 0 bridgehead atoms. The third-order valence-corrected chi connectivity index (χ3v) is 3.40. The Balaban J connectivity index is 1.95. The Morgan fingerprint density at radius 2 is 1.11 bits per heavy atom. The van der Waals surface area contributed by atoms with Crippen LogP contribution < -0.4 is 0 Å². The first-order chi connectivity index (χ1) is 8.86. The summed E-state index contributed by atoms with van der Waals surface area (Å²) in [6, 6.07) is 0. The van der Waals surface area contributed by atoms with E-state index in [1.165, 1.54) is 39.3 Å². The highest BCUT2D eigenvalue weighted by molar-refractivity contribution is 4.71. The van der Waals surface area contributed by atoms with Crippen LogP contribution in [-0.4, -0.2) is 75.5 Å². The SMILES string of the molecule is CCOCCCN1CCN(CCCOCC)CC1. The second kappa shape index (κ2) is 10.7. The molecule has 0 aromatic heterocycles. The van der Waals surface area contributed by atoms with Crippen molar-refractivity contribution in [1.82, 2.24) is 9.80 Å². The van der Waals surface area contributed by atoms with Gasteiger partial charge < -0.3 is 19.3 Å². The van der Waals surface area contributed by atoms with Crippen molar-refractivity contribution in [3.63, 3.8) is 0 Å². The van der Waals surface area contributed by atoms with Crippen molar-refractivity contribution in [2.75, 3.05) is 65.7 Å². The van der Waals surface area contributed by atoms with Crippen LogP contribution in [0.25, 0.3) is 0 Å². The van der Waals surface area contributed by atoms with Gasteiger partial charge in [-0.05, 0) is 26.7 Å². The molecule has 0 N–H and O–H groups in total. The molecule has 108 valence electrons. The molecule has 0 spiro atoms. The average molecular weight is 258 g/mol. The monoisotopic (exact) mass is 258 g/mol. The van der Waals surface area contributed by atoms with E-state index in [9.17, 15) is 0 Å². The first kappa shape index (κ1) is 15.9. The van der Waals surface area contributed by atoms with E-state index in [4.69, 9.17) is 9.47 Å². The molecule has 4 heteroatoms. The van der Waals surface area contributed by atoms with Gasteiger partial charge in [-0.2, -0.15) is 0 Å². The van der Waals surface area contributed by atoms with Crippen molar-refractivity contribution >= 4 is 0 Å². The molecule has 1 saturated heterocycles. The molecule has 0 radical (unpaired) electrons. The van der Waals surface area contributed by atoms with Crippen LogP contribution >= 0.6 is 0 Å². The molecule has 0 aliphatic carbocycles. The molecule has 0 amide bonds. The van der Waals surface area contributed by atoms with Crippen LogP contribution in [0.4, 0.5) is 0 Å². The maximum atomic E-state index is 5.37. The van der Waals surface area contributed by atoms with E-state index in [1.54, 1.807) is 0 Å². The van der Waals surface area contributed by atoms with Crippen LogP contribution in [0.15, 0.2) is 0 Å². The van der Waals surface area contributed by atoms with Crippen LogP contribution in [0, 0.1) is 0 Å². The highest BCUT2D eigenvalue weighted by Gasteiger charge is 2.15. The number of ether oxygens (including phenoxy) is 2. The Hall–Kier alpha value is -0.160. The number of nitrogens with zero attached hydrogens (tertiary/aromatic N) is 2. The Labute approximate surface area is 112 Å². The molecule has 0 atom stereocenters.